The molecule has 0 fully saturated rings. The number of nitrogen functional groups attached to an aromatic ring is 1. The number of hydrogen-bond acceptors (Lipinski definition) is 10. The van der Waals surface area contributed by atoms with Crippen molar-refractivity contribution >= 4 is 29.3 Å². The van der Waals surface area contributed by atoms with E-state index in [1.807, 2.05) is 13.0 Å². The number of nitrogens with two attached hydrogens (primary N) is 1. The van der Waals surface area contributed by atoms with Gasteiger partial charge in [-0.05, 0) is 50.6 Å². The number of anilines is 2. The predicted molar refractivity (Wildman–Crippen MR) is 130 cm³/mol. The smallest absolute Gasteiger partial charge is 0.325 e. The van der Waals surface area contributed by atoms with Gasteiger partial charge in [0.1, 0.15) is 43.6 Å². The van der Waals surface area contributed by atoms with E-state index in [1.165, 1.54) is 13.0 Å². The summed E-state index contributed by atoms with van der Waals surface area (Å²) in [6.45, 7) is 7.13. The normalized spacial score (nSPS) is 10.3. The van der Waals surface area contributed by atoms with Crippen molar-refractivity contribution in [3.8, 4) is 17.2 Å². The molecule has 0 amide bonds. The molecule has 0 saturated heterocycles. The number of aryl methyl sites for hydroxylation is 1. The average Bonchev–Trinajstić information content (AvgIpc) is 2.77. The molecule has 190 valence electrons. The van der Waals surface area contributed by atoms with Crippen LogP contribution in [0.2, 0.25) is 0 Å². The summed E-state index contributed by atoms with van der Waals surface area (Å²) in [6, 6.07) is 10.1. The predicted octanol–water partition coefficient (Wildman–Crippen LogP) is 2.89. The highest BCUT2D eigenvalue weighted by Crippen LogP contribution is 2.30. The lowest BCUT2D eigenvalue weighted by Crippen LogP contribution is -2.36. The zero-order valence-electron chi connectivity index (χ0n) is 20.5. The quantitative estimate of drug-likeness (QED) is 0.195. The second kappa shape index (κ2) is 13.7. The first kappa shape index (κ1) is 27.3. The van der Waals surface area contributed by atoms with Gasteiger partial charge in [-0.2, -0.15) is 0 Å². The monoisotopic (exact) mass is 488 g/mol. The molecule has 10 heteroatoms. The Bertz CT molecular complexity index is 1000. The van der Waals surface area contributed by atoms with Crippen LogP contribution in [0.15, 0.2) is 36.4 Å². The minimum absolute atomic E-state index is 0.145. The number of ether oxygens (including phenoxy) is 5. The van der Waals surface area contributed by atoms with Crippen LogP contribution in [-0.4, -0.2) is 57.4 Å². The summed E-state index contributed by atoms with van der Waals surface area (Å²) in [5.41, 5.74) is 7.76. The van der Waals surface area contributed by atoms with Gasteiger partial charge >= 0.3 is 17.9 Å². The summed E-state index contributed by atoms with van der Waals surface area (Å²) in [6.07, 6.45) is 0. The van der Waals surface area contributed by atoms with E-state index in [0.717, 1.165) is 5.56 Å². The van der Waals surface area contributed by atoms with Crippen LogP contribution in [0.1, 0.15) is 26.3 Å². The van der Waals surface area contributed by atoms with Crippen LogP contribution in [0.25, 0.3) is 0 Å². The van der Waals surface area contributed by atoms with Crippen molar-refractivity contribution < 1.29 is 38.1 Å². The molecule has 0 saturated carbocycles. The fourth-order valence-electron chi connectivity index (χ4n) is 3.14. The van der Waals surface area contributed by atoms with Gasteiger partial charge in [-0.15, -0.1) is 0 Å². The Hall–Kier alpha value is -3.95. The first-order valence-electron chi connectivity index (χ1n) is 11.2. The highest BCUT2D eigenvalue weighted by Gasteiger charge is 2.20. The molecule has 0 aromatic heterocycles. The lowest BCUT2D eigenvalue weighted by molar-refractivity contribution is -0.142. The summed E-state index contributed by atoms with van der Waals surface area (Å²) >= 11 is 0. The minimum Gasteiger partial charge on any atom is -0.488 e. The largest absolute Gasteiger partial charge is 0.488 e. The number of carbonyl (C=O) groups excluding carboxylic acids is 3. The van der Waals surface area contributed by atoms with Gasteiger partial charge in [-0.1, -0.05) is 6.07 Å². The number of nitrogens with zero attached hydrogens (tertiary/aromatic N) is 1. The van der Waals surface area contributed by atoms with Gasteiger partial charge in [0, 0.05) is 13.0 Å². The molecule has 0 aliphatic rings. The van der Waals surface area contributed by atoms with E-state index in [9.17, 15) is 14.4 Å². The molecule has 2 aromatic rings. The highest BCUT2D eigenvalue weighted by molar-refractivity contribution is 5.82. The lowest BCUT2D eigenvalue weighted by atomic mass is 10.2. The molecule has 0 atom stereocenters. The zero-order chi connectivity index (χ0) is 25.8. The van der Waals surface area contributed by atoms with E-state index < -0.39 is 17.9 Å². The SMILES string of the molecule is CCOC(=O)CN(CC(=O)OCC)c1ccc(C)cc1OCCOc1ccc(OC(C)=O)cc1N. The molecule has 35 heavy (non-hydrogen) atoms. The van der Waals surface area contributed by atoms with E-state index in [4.69, 9.17) is 29.4 Å². The zero-order valence-corrected chi connectivity index (χ0v) is 20.5. The van der Waals surface area contributed by atoms with Crippen LogP contribution in [0.3, 0.4) is 0 Å². The molecule has 0 radical (unpaired) electrons. The first-order chi connectivity index (χ1) is 16.7. The molecular weight excluding hydrogens is 456 g/mol. The van der Waals surface area contributed by atoms with Crippen LogP contribution in [0, 0.1) is 6.92 Å². The van der Waals surface area contributed by atoms with Gasteiger partial charge in [0.15, 0.2) is 0 Å². The first-order valence-corrected chi connectivity index (χ1v) is 11.2. The van der Waals surface area contributed by atoms with Crippen LogP contribution >= 0.6 is 0 Å². The summed E-state index contributed by atoms with van der Waals surface area (Å²) < 4.78 is 26.7. The number of rotatable bonds is 13. The Morgan fingerprint density at radius 1 is 0.857 bits per heavy atom. The molecule has 0 bridgehead atoms. The standard InChI is InChI=1S/C25H32N2O8/c1-5-31-24(29)15-27(16-25(30)32-6-2)21-9-7-17(3)13-23(21)34-12-11-33-22-10-8-19(14-20(22)26)35-18(4)28/h7-10,13-14H,5-6,11-12,15-16,26H2,1-4H3. The third-order valence-corrected chi connectivity index (χ3v) is 4.55. The Morgan fingerprint density at radius 3 is 2.00 bits per heavy atom. The van der Waals surface area contributed by atoms with Crippen LogP contribution in [0.5, 0.6) is 17.2 Å². The van der Waals surface area contributed by atoms with Crippen molar-refractivity contribution in [2.75, 3.05) is 50.2 Å². The van der Waals surface area contributed by atoms with Crippen molar-refractivity contribution in [1.82, 2.24) is 0 Å². The third-order valence-electron chi connectivity index (χ3n) is 4.55. The van der Waals surface area contributed by atoms with E-state index in [1.54, 1.807) is 43.0 Å². The van der Waals surface area contributed by atoms with E-state index in [2.05, 4.69) is 0 Å². The molecular formula is C25H32N2O8. The second-order valence-corrected chi connectivity index (χ2v) is 7.43. The van der Waals surface area contributed by atoms with Crippen molar-refractivity contribution in [3.05, 3.63) is 42.0 Å². The number of esters is 3. The maximum Gasteiger partial charge on any atom is 0.325 e. The van der Waals surface area contributed by atoms with E-state index in [0.29, 0.717) is 28.6 Å². The van der Waals surface area contributed by atoms with Gasteiger partial charge in [0.25, 0.3) is 0 Å². The summed E-state index contributed by atoms with van der Waals surface area (Å²) in [5.74, 6) is -0.175. The number of carbonyl (C=O) groups is 3. The minimum atomic E-state index is -0.473. The van der Waals surface area contributed by atoms with Gasteiger partial charge in [-0.25, -0.2) is 0 Å². The molecule has 10 nitrogen and oxygen atoms in total. The van der Waals surface area contributed by atoms with Crippen molar-refractivity contribution in [2.45, 2.75) is 27.7 Å². The van der Waals surface area contributed by atoms with Crippen molar-refractivity contribution in [1.29, 1.82) is 0 Å². The highest BCUT2D eigenvalue weighted by atomic mass is 16.5. The van der Waals surface area contributed by atoms with E-state index >= 15 is 0 Å². The number of hydrogen-bond donors (Lipinski definition) is 1. The Labute approximate surface area is 204 Å². The van der Waals surface area contributed by atoms with Gasteiger partial charge in [0.05, 0.1) is 24.6 Å². The fourth-order valence-corrected chi connectivity index (χ4v) is 3.14. The molecule has 0 aliphatic heterocycles. The van der Waals surface area contributed by atoms with E-state index in [-0.39, 0.29) is 39.5 Å². The topological polar surface area (TPSA) is 127 Å². The van der Waals surface area contributed by atoms with Gasteiger partial charge in [0.2, 0.25) is 0 Å². The van der Waals surface area contributed by atoms with Crippen molar-refractivity contribution in [2.24, 2.45) is 0 Å². The molecule has 2 N–H and O–H groups in total. The number of benzene rings is 2. The van der Waals surface area contributed by atoms with Gasteiger partial charge < -0.3 is 34.3 Å². The Balaban J connectivity index is 2.10. The lowest BCUT2D eigenvalue weighted by Gasteiger charge is -2.25. The molecule has 0 spiro atoms. The maximum absolute atomic E-state index is 12.2. The van der Waals surface area contributed by atoms with Crippen LogP contribution in [-0.2, 0) is 23.9 Å². The maximum atomic E-state index is 12.2. The van der Waals surface area contributed by atoms with Crippen LogP contribution < -0.4 is 24.8 Å². The Morgan fingerprint density at radius 2 is 1.46 bits per heavy atom. The summed E-state index contributed by atoms with van der Waals surface area (Å²) in [4.78, 5) is 36.9. The molecule has 0 heterocycles. The molecule has 2 aromatic carbocycles. The third kappa shape index (κ3) is 9.07. The summed E-state index contributed by atoms with van der Waals surface area (Å²) in [7, 11) is 0. The Kier molecular flexibility index (Phi) is 10.7. The summed E-state index contributed by atoms with van der Waals surface area (Å²) in [5, 5.41) is 0. The average molecular weight is 489 g/mol. The van der Waals surface area contributed by atoms with Crippen LogP contribution in [0.4, 0.5) is 11.4 Å². The van der Waals surface area contributed by atoms with Gasteiger partial charge in [-0.3, -0.25) is 14.4 Å². The van der Waals surface area contributed by atoms with Crippen molar-refractivity contribution in [3.63, 3.8) is 0 Å². The second-order valence-electron chi connectivity index (χ2n) is 7.43. The molecule has 0 unspecified atom stereocenters. The fraction of sp³-hybridized carbons (Fsp3) is 0.400. The molecule has 2 rings (SSSR count). The molecule has 0 aliphatic carbocycles.